The van der Waals surface area contributed by atoms with Crippen LogP contribution in [0.5, 0.6) is 0 Å². The average molecular weight is 128 g/mol. The minimum absolute atomic E-state index is 0.542. The molecule has 3 atom stereocenters. The molecule has 1 aliphatic carbocycles. The molecule has 0 unspecified atom stereocenters. The van der Waals surface area contributed by atoms with Gasteiger partial charge >= 0.3 is 0 Å². The van der Waals surface area contributed by atoms with Gasteiger partial charge in [0.05, 0.1) is 6.10 Å². The summed E-state index contributed by atoms with van der Waals surface area (Å²) in [6.45, 7) is 4.59. The van der Waals surface area contributed by atoms with E-state index < -0.39 is 0 Å². The van der Waals surface area contributed by atoms with E-state index in [9.17, 15) is 0 Å². The Morgan fingerprint density at radius 1 is 1.22 bits per heavy atom. The summed E-state index contributed by atoms with van der Waals surface area (Å²) in [6, 6.07) is 0. The Kier molecular flexibility index (Phi) is 2.12. The van der Waals surface area contributed by atoms with E-state index in [0.717, 1.165) is 11.8 Å². The maximum Gasteiger partial charge on any atom is 0.0599 e. The fourth-order valence-corrected chi connectivity index (χ4v) is 1.65. The average Bonchev–Trinajstić information content (AvgIpc) is 2.15. The SMILES string of the molecule is CO[C@@H]1CC[C@@H](C)[C@@H]1C. The van der Waals surface area contributed by atoms with Gasteiger partial charge in [-0.05, 0) is 24.7 Å². The van der Waals surface area contributed by atoms with Crippen LogP contribution in [0.2, 0.25) is 0 Å². The Labute approximate surface area is 57.4 Å². The van der Waals surface area contributed by atoms with Crippen LogP contribution in [0.4, 0.5) is 0 Å². The molecule has 0 aliphatic heterocycles. The van der Waals surface area contributed by atoms with Crippen molar-refractivity contribution >= 4 is 0 Å². The molecule has 1 rings (SSSR count). The second-order valence-electron chi connectivity index (χ2n) is 3.19. The molecule has 0 spiro atoms. The molecular formula is C8H16O. The predicted octanol–water partition coefficient (Wildman–Crippen LogP) is 2.07. The monoisotopic (exact) mass is 128 g/mol. The zero-order chi connectivity index (χ0) is 6.85. The van der Waals surface area contributed by atoms with Gasteiger partial charge in [-0.15, -0.1) is 0 Å². The summed E-state index contributed by atoms with van der Waals surface area (Å²) in [4.78, 5) is 0. The summed E-state index contributed by atoms with van der Waals surface area (Å²) in [5.74, 6) is 1.64. The van der Waals surface area contributed by atoms with Crippen LogP contribution in [-0.4, -0.2) is 13.2 Å². The van der Waals surface area contributed by atoms with Crippen LogP contribution >= 0.6 is 0 Å². The lowest BCUT2D eigenvalue weighted by Gasteiger charge is -2.15. The lowest BCUT2D eigenvalue weighted by Crippen LogP contribution is -2.16. The highest BCUT2D eigenvalue weighted by molar-refractivity contribution is 4.79. The third kappa shape index (κ3) is 1.26. The molecule has 1 fully saturated rings. The van der Waals surface area contributed by atoms with Gasteiger partial charge in [0.1, 0.15) is 0 Å². The fraction of sp³-hybridized carbons (Fsp3) is 1.00. The van der Waals surface area contributed by atoms with Crippen LogP contribution < -0.4 is 0 Å². The van der Waals surface area contributed by atoms with Gasteiger partial charge in [-0.2, -0.15) is 0 Å². The van der Waals surface area contributed by atoms with E-state index in [4.69, 9.17) is 4.74 Å². The van der Waals surface area contributed by atoms with E-state index in [1.807, 2.05) is 7.11 Å². The van der Waals surface area contributed by atoms with Crippen molar-refractivity contribution in [3.05, 3.63) is 0 Å². The van der Waals surface area contributed by atoms with E-state index in [0.29, 0.717) is 6.10 Å². The second-order valence-corrected chi connectivity index (χ2v) is 3.19. The zero-order valence-electron chi connectivity index (χ0n) is 6.55. The molecule has 1 saturated carbocycles. The molecule has 54 valence electrons. The van der Waals surface area contributed by atoms with Crippen LogP contribution in [0.3, 0.4) is 0 Å². The normalized spacial score (nSPS) is 43.7. The standard InChI is InChI=1S/C8H16O/c1-6-4-5-8(9-3)7(6)2/h6-8H,4-5H2,1-3H3/t6-,7+,8-/m1/s1. The molecule has 0 N–H and O–H groups in total. The van der Waals surface area contributed by atoms with Gasteiger partial charge in [-0.3, -0.25) is 0 Å². The molecule has 0 aromatic rings. The summed E-state index contributed by atoms with van der Waals surface area (Å²) < 4.78 is 5.29. The molecule has 0 aromatic carbocycles. The number of hydrogen-bond donors (Lipinski definition) is 0. The van der Waals surface area contributed by atoms with Crippen molar-refractivity contribution in [2.75, 3.05) is 7.11 Å². The van der Waals surface area contributed by atoms with E-state index in [-0.39, 0.29) is 0 Å². The first-order chi connectivity index (χ1) is 4.25. The summed E-state index contributed by atoms with van der Waals surface area (Å²) in [5, 5.41) is 0. The van der Waals surface area contributed by atoms with E-state index in [1.165, 1.54) is 12.8 Å². The highest BCUT2D eigenvalue weighted by Gasteiger charge is 2.29. The van der Waals surface area contributed by atoms with Crippen molar-refractivity contribution in [1.29, 1.82) is 0 Å². The smallest absolute Gasteiger partial charge is 0.0599 e. The topological polar surface area (TPSA) is 9.23 Å². The van der Waals surface area contributed by atoms with Crippen LogP contribution in [0.25, 0.3) is 0 Å². The van der Waals surface area contributed by atoms with Gasteiger partial charge in [0.15, 0.2) is 0 Å². The first-order valence-electron chi connectivity index (χ1n) is 3.78. The molecule has 0 amide bonds. The molecule has 0 heterocycles. The van der Waals surface area contributed by atoms with Crippen molar-refractivity contribution in [2.45, 2.75) is 32.8 Å². The molecule has 1 nitrogen and oxygen atoms in total. The van der Waals surface area contributed by atoms with Gasteiger partial charge in [0, 0.05) is 7.11 Å². The summed E-state index contributed by atoms with van der Waals surface area (Å²) >= 11 is 0. The van der Waals surface area contributed by atoms with Gasteiger partial charge in [0.2, 0.25) is 0 Å². The quantitative estimate of drug-likeness (QED) is 0.525. The molecule has 0 saturated heterocycles. The van der Waals surface area contributed by atoms with Crippen molar-refractivity contribution in [3.63, 3.8) is 0 Å². The molecule has 9 heavy (non-hydrogen) atoms. The van der Waals surface area contributed by atoms with E-state index in [1.54, 1.807) is 0 Å². The maximum atomic E-state index is 5.29. The van der Waals surface area contributed by atoms with Crippen molar-refractivity contribution in [1.82, 2.24) is 0 Å². The van der Waals surface area contributed by atoms with Gasteiger partial charge in [-0.1, -0.05) is 13.8 Å². The summed E-state index contributed by atoms with van der Waals surface area (Å²) in [7, 11) is 1.82. The number of hydrogen-bond acceptors (Lipinski definition) is 1. The molecule has 0 bridgehead atoms. The van der Waals surface area contributed by atoms with Gasteiger partial charge in [-0.25, -0.2) is 0 Å². The number of methoxy groups -OCH3 is 1. The van der Waals surface area contributed by atoms with Gasteiger partial charge in [0.25, 0.3) is 0 Å². The van der Waals surface area contributed by atoms with Crippen LogP contribution in [0.15, 0.2) is 0 Å². The molecule has 0 aromatic heterocycles. The molecule has 1 aliphatic rings. The first-order valence-corrected chi connectivity index (χ1v) is 3.78. The highest BCUT2D eigenvalue weighted by atomic mass is 16.5. The Bertz CT molecular complexity index is 90.6. The van der Waals surface area contributed by atoms with Crippen molar-refractivity contribution < 1.29 is 4.74 Å². The fourth-order valence-electron chi connectivity index (χ4n) is 1.65. The Morgan fingerprint density at radius 3 is 2.11 bits per heavy atom. The van der Waals surface area contributed by atoms with Crippen LogP contribution in [0, 0.1) is 11.8 Å². The number of rotatable bonds is 1. The maximum absolute atomic E-state index is 5.29. The molecule has 1 heteroatoms. The van der Waals surface area contributed by atoms with E-state index in [2.05, 4.69) is 13.8 Å². The third-order valence-electron chi connectivity index (χ3n) is 2.69. The Hall–Kier alpha value is -0.0400. The Balaban J connectivity index is 2.41. The third-order valence-corrected chi connectivity index (χ3v) is 2.69. The minimum Gasteiger partial charge on any atom is -0.381 e. The largest absolute Gasteiger partial charge is 0.381 e. The molecule has 0 radical (unpaired) electrons. The lowest BCUT2D eigenvalue weighted by atomic mass is 9.99. The predicted molar refractivity (Wildman–Crippen MR) is 38.4 cm³/mol. The molecular weight excluding hydrogens is 112 g/mol. The number of ether oxygens (including phenoxy) is 1. The van der Waals surface area contributed by atoms with Crippen molar-refractivity contribution in [3.8, 4) is 0 Å². The van der Waals surface area contributed by atoms with E-state index >= 15 is 0 Å². The lowest BCUT2D eigenvalue weighted by molar-refractivity contribution is 0.0700. The van der Waals surface area contributed by atoms with Crippen molar-refractivity contribution in [2.24, 2.45) is 11.8 Å². The second kappa shape index (κ2) is 2.70. The van der Waals surface area contributed by atoms with Gasteiger partial charge < -0.3 is 4.74 Å². The first kappa shape index (κ1) is 7.07. The minimum atomic E-state index is 0.542. The zero-order valence-corrected chi connectivity index (χ0v) is 6.55. The summed E-state index contributed by atoms with van der Waals surface area (Å²) in [5.41, 5.74) is 0. The van der Waals surface area contributed by atoms with Crippen LogP contribution in [0.1, 0.15) is 26.7 Å². The Morgan fingerprint density at radius 2 is 1.89 bits per heavy atom. The summed E-state index contributed by atoms with van der Waals surface area (Å²) in [6.07, 6.45) is 3.15. The highest BCUT2D eigenvalue weighted by Crippen LogP contribution is 2.32. The van der Waals surface area contributed by atoms with Crippen LogP contribution in [-0.2, 0) is 4.74 Å².